The molecule has 0 bridgehead atoms. The SMILES string of the molecule is CC(N)C1CCCCN1S(=O)(=O)c1cnn(C2CCOCC2)c1.Cl. The molecule has 0 radical (unpaired) electrons. The Bertz CT molecular complexity index is 628. The third-order valence-electron chi connectivity index (χ3n) is 4.85. The van der Waals surface area contributed by atoms with E-state index in [4.69, 9.17) is 10.5 Å². The molecule has 2 N–H and O–H groups in total. The molecule has 0 aromatic carbocycles. The van der Waals surface area contributed by atoms with Gasteiger partial charge in [-0.25, -0.2) is 8.42 Å². The summed E-state index contributed by atoms with van der Waals surface area (Å²) in [5, 5.41) is 4.29. The molecule has 2 aliphatic heterocycles. The van der Waals surface area contributed by atoms with Gasteiger partial charge in [0.05, 0.1) is 12.2 Å². The molecule has 24 heavy (non-hydrogen) atoms. The van der Waals surface area contributed by atoms with Gasteiger partial charge in [-0.2, -0.15) is 9.40 Å². The van der Waals surface area contributed by atoms with Crippen LogP contribution in [0.1, 0.15) is 45.1 Å². The van der Waals surface area contributed by atoms with E-state index >= 15 is 0 Å². The van der Waals surface area contributed by atoms with Crippen LogP contribution in [0.2, 0.25) is 0 Å². The molecule has 2 fully saturated rings. The summed E-state index contributed by atoms with van der Waals surface area (Å²) in [7, 11) is -3.54. The molecule has 0 aliphatic carbocycles. The van der Waals surface area contributed by atoms with E-state index in [0.717, 1.165) is 32.1 Å². The maximum atomic E-state index is 13.0. The number of nitrogens with two attached hydrogens (primary N) is 1. The summed E-state index contributed by atoms with van der Waals surface area (Å²) in [6, 6.07) is -0.0749. The van der Waals surface area contributed by atoms with Crippen molar-refractivity contribution in [3.63, 3.8) is 0 Å². The fourth-order valence-corrected chi connectivity index (χ4v) is 5.21. The van der Waals surface area contributed by atoms with Crippen LogP contribution in [0.3, 0.4) is 0 Å². The molecule has 1 aromatic heterocycles. The molecule has 2 saturated heterocycles. The monoisotopic (exact) mass is 378 g/mol. The van der Waals surface area contributed by atoms with Crippen LogP contribution < -0.4 is 5.73 Å². The number of nitrogens with zero attached hydrogens (tertiary/aromatic N) is 3. The van der Waals surface area contributed by atoms with Gasteiger partial charge in [-0.15, -0.1) is 12.4 Å². The van der Waals surface area contributed by atoms with E-state index in [1.54, 1.807) is 15.2 Å². The lowest BCUT2D eigenvalue weighted by Gasteiger charge is -2.36. The number of halogens is 1. The Morgan fingerprint density at radius 1 is 1.29 bits per heavy atom. The fraction of sp³-hybridized carbons (Fsp3) is 0.800. The van der Waals surface area contributed by atoms with E-state index in [0.29, 0.717) is 19.8 Å². The van der Waals surface area contributed by atoms with E-state index in [1.165, 1.54) is 6.20 Å². The lowest BCUT2D eigenvalue weighted by atomic mass is 10.00. The number of aromatic nitrogens is 2. The zero-order valence-corrected chi connectivity index (χ0v) is 15.6. The van der Waals surface area contributed by atoms with E-state index in [9.17, 15) is 8.42 Å². The van der Waals surface area contributed by atoms with Crippen molar-refractivity contribution in [1.82, 2.24) is 14.1 Å². The molecular weight excluding hydrogens is 352 g/mol. The van der Waals surface area contributed by atoms with Gasteiger partial charge in [0, 0.05) is 38.0 Å². The van der Waals surface area contributed by atoms with E-state index in [-0.39, 0.29) is 35.4 Å². The number of piperidine rings is 1. The molecule has 2 atom stereocenters. The number of hydrogen-bond acceptors (Lipinski definition) is 5. The van der Waals surface area contributed by atoms with E-state index < -0.39 is 10.0 Å². The first kappa shape index (κ1) is 19.7. The third-order valence-corrected chi connectivity index (χ3v) is 6.73. The van der Waals surface area contributed by atoms with Crippen LogP contribution in [-0.2, 0) is 14.8 Å². The summed E-state index contributed by atoms with van der Waals surface area (Å²) in [5.41, 5.74) is 6.01. The van der Waals surface area contributed by atoms with Crippen molar-refractivity contribution in [2.24, 2.45) is 5.73 Å². The van der Waals surface area contributed by atoms with Gasteiger partial charge in [0.25, 0.3) is 0 Å². The van der Waals surface area contributed by atoms with Crippen molar-refractivity contribution in [3.05, 3.63) is 12.4 Å². The van der Waals surface area contributed by atoms with Gasteiger partial charge >= 0.3 is 0 Å². The second kappa shape index (κ2) is 8.14. The molecule has 7 nitrogen and oxygen atoms in total. The first-order valence-corrected chi connectivity index (χ1v) is 9.83. The fourth-order valence-electron chi connectivity index (χ4n) is 3.49. The molecule has 138 valence electrons. The average Bonchev–Trinajstić information content (AvgIpc) is 3.06. The predicted molar refractivity (Wildman–Crippen MR) is 93.7 cm³/mol. The molecule has 0 saturated carbocycles. The summed E-state index contributed by atoms with van der Waals surface area (Å²) in [6.45, 7) is 3.82. The zero-order chi connectivity index (χ0) is 16.4. The lowest BCUT2D eigenvalue weighted by Crippen LogP contribution is -2.51. The first-order chi connectivity index (χ1) is 11.0. The van der Waals surface area contributed by atoms with Gasteiger partial charge < -0.3 is 10.5 Å². The summed E-state index contributed by atoms with van der Waals surface area (Å²) >= 11 is 0. The Hall–Kier alpha value is -0.670. The predicted octanol–water partition coefficient (Wildman–Crippen LogP) is 1.55. The molecule has 0 spiro atoms. The Morgan fingerprint density at radius 2 is 2.00 bits per heavy atom. The highest BCUT2D eigenvalue weighted by atomic mass is 35.5. The van der Waals surface area contributed by atoms with Crippen molar-refractivity contribution in [1.29, 1.82) is 0 Å². The van der Waals surface area contributed by atoms with Gasteiger partial charge in [-0.3, -0.25) is 4.68 Å². The second-order valence-electron chi connectivity index (χ2n) is 6.54. The van der Waals surface area contributed by atoms with Crippen molar-refractivity contribution in [3.8, 4) is 0 Å². The smallest absolute Gasteiger partial charge is 0.246 e. The summed E-state index contributed by atoms with van der Waals surface area (Å²) in [6.07, 6.45) is 7.61. The van der Waals surface area contributed by atoms with Crippen molar-refractivity contribution in [2.45, 2.75) is 62.0 Å². The van der Waals surface area contributed by atoms with Crippen molar-refractivity contribution < 1.29 is 13.2 Å². The largest absolute Gasteiger partial charge is 0.381 e. The Morgan fingerprint density at radius 3 is 2.67 bits per heavy atom. The molecule has 2 unspecified atom stereocenters. The van der Waals surface area contributed by atoms with Crippen LogP contribution in [0, 0.1) is 0 Å². The lowest BCUT2D eigenvalue weighted by molar-refractivity contribution is 0.0662. The Labute approximate surface area is 150 Å². The zero-order valence-electron chi connectivity index (χ0n) is 14.0. The van der Waals surface area contributed by atoms with Gasteiger partial charge in [-0.05, 0) is 32.6 Å². The third kappa shape index (κ3) is 3.94. The highest BCUT2D eigenvalue weighted by Gasteiger charge is 2.36. The maximum absolute atomic E-state index is 13.0. The topological polar surface area (TPSA) is 90.5 Å². The minimum atomic E-state index is -3.54. The van der Waals surface area contributed by atoms with Gasteiger partial charge in [0.1, 0.15) is 4.90 Å². The number of ether oxygens (including phenoxy) is 1. The van der Waals surface area contributed by atoms with E-state index in [2.05, 4.69) is 5.10 Å². The summed E-state index contributed by atoms with van der Waals surface area (Å²) in [4.78, 5) is 0.275. The molecular formula is C15H27ClN4O3S. The Kier molecular flexibility index (Phi) is 6.66. The summed E-state index contributed by atoms with van der Waals surface area (Å²) < 4.78 is 34.7. The molecule has 2 aliphatic rings. The Balaban J connectivity index is 0.00000208. The number of sulfonamides is 1. The molecule has 0 amide bonds. The van der Waals surface area contributed by atoms with Crippen molar-refractivity contribution in [2.75, 3.05) is 19.8 Å². The van der Waals surface area contributed by atoms with Crippen molar-refractivity contribution >= 4 is 22.4 Å². The quantitative estimate of drug-likeness (QED) is 0.858. The van der Waals surface area contributed by atoms with Gasteiger partial charge in [0.15, 0.2) is 0 Å². The normalized spacial score (nSPS) is 25.2. The average molecular weight is 379 g/mol. The van der Waals surface area contributed by atoms with Crippen LogP contribution in [0.5, 0.6) is 0 Å². The molecule has 3 heterocycles. The van der Waals surface area contributed by atoms with Gasteiger partial charge in [-0.1, -0.05) is 6.42 Å². The molecule has 3 rings (SSSR count). The first-order valence-electron chi connectivity index (χ1n) is 8.39. The van der Waals surface area contributed by atoms with Crippen LogP contribution >= 0.6 is 12.4 Å². The highest BCUT2D eigenvalue weighted by molar-refractivity contribution is 7.89. The second-order valence-corrected chi connectivity index (χ2v) is 8.43. The standard InChI is InChI=1S/C15H26N4O3S.ClH/c1-12(16)15-4-2-3-7-19(15)23(20,21)14-10-17-18(11-14)13-5-8-22-9-6-13;/h10-13,15H,2-9,16H2,1H3;1H. The van der Waals surface area contributed by atoms with Crippen LogP contribution in [0.25, 0.3) is 0 Å². The highest BCUT2D eigenvalue weighted by Crippen LogP contribution is 2.28. The van der Waals surface area contributed by atoms with Gasteiger partial charge in [0.2, 0.25) is 10.0 Å². The van der Waals surface area contributed by atoms with Crippen LogP contribution in [0.4, 0.5) is 0 Å². The minimum Gasteiger partial charge on any atom is -0.381 e. The number of hydrogen-bond donors (Lipinski definition) is 1. The van der Waals surface area contributed by atoms with Crippen LogP contribution in [-0.4, -0.2) is 54.3 Å². The molecule has 9 heteroatoms. The maximum Gasteiger partial charge on any atom is 0.246 e. The van der Waals surface area contributed by atoms with E-state index in [1.807, 2.05) is 6.92 Å². The summed E-state index contributed by atoms with van der Waals surface area (Å²) in [5.74, 6) is 0. The van der Waals surface area contributed by atoms with Crippen LogP contribution in [0.15, 0.2) is 17.3 Å². The molecule has 1 aromatic rings. The number of rotatable bonds is 4. The minimum absolute atomic E-state index is 0.